The smallest absolute Gasteiger partial charge is 0.175 e. The Morgan fingerprint density at radius 2 is 2.14 bits per heavy atom. The standard InChI is InChI=1S/C15H16ClNO2S2/c1-21(18,19)10-5-6-12(16)14(9-10)17-13-3-2-4-15-11(13)7-8-20-15/h5-9,13,17H,2-4H2,1H3. The van der Waals surface area contributed by atoms with Gasteiger partial charge in [0, 0.05) is 11.1 Å². The average molecular weight is 342 g/mol. The second-order valence-electron chi connectivity index (χ2n) is 5.30. The van der Waals surface area contributed by atoms with Crippen molar-refractivity contribution in [2.24, 2.45) is 0 Å². The molecule has 3 rings (SSSR count). The van der Waals surface area contributed by atoms with Crippen LogP contribution >= 0.6 is 22.9 Å². The summed E-state index contributed by atoms with van der Waals surface area (Å²) in [7, 11) is -3.23. The van der Waals surface area contributed by atoms with Crippen molar-refractivity contribution in [1.82, 2.24) is 0 Å². The third-order valence-corrected chi connectivity index (χ3v) is 6.18. The zero-order valence-electron chi connectivity index (χ0n) is 11.6. The van der Waals surface area contributed by atoms with Crippen LogP contribution in [0.5, 0.6) is 0 Å². The molecule has 0 saturated carbocycles. The van der Waals surface area contributed by atoms with Crippen LogP contribution in [0, 0.1) is 0 Å². The second-order valence-corrected chi connectivity index (χ2v) is 8.73. The first-order chi connectivity index (χ1) is 9.95. The van der Waals surface area contributed by atoms with Gasteiger partial charge in [0.1, 0.15) is 0 Å². The number of aryl methyl sites for hydroxylation is 1. The first-order valence-electron chi connectivity index (χ1n) is 6.77. The van der Waals surface area contributed by atoms with E-state index < -0.39 is 9.84 Å². The minimum Gasteiger partial charge on any atom is -0.377 e. The summed E-state index contributed by atoms with van der Waals surface area (Å²) in [5.41, 5.74) is 2.00. The molecule has 6 heteroatoms. The first kappa shape index (κ1) is 14.9. The highest BCUT2D eigenvalue weighted by Crippen LogP contribution is 2.37. The van der Waals surface area contributed by atoms with E-state index >= 15 is 0 Å². The molecule has 112 valence electrons. The maximum absolute atomic E-state index is 11.7. The quantitative estimate of drug-likeness (QED) is 0.905. The molecule has 0 spiro atoms. The van der Waals surface area contributed by atoms with E-state index in [1.54, 1.807) is 29.5 Å². The van der Waals surface area contributed by atoms with Gasteiger partial charge < -0.3 is 5.32 Å². The summed E-state index contributed by atoms with van der Waals surface area (Å²) >= 11 is 7.99. The summed E-state index contributed by atoms with van der Waals surface area (Å²) in [6.07, 6.45) is 4.50. The monoisotopic (exact) mass is 341 g/mol. The number of hydrogen-bond donors (Lipinski definition) is 1. The third kappa shape index (κ3) is 3.10. The Labute approximate surface area is 133 Å². The van der Waals surface area contributed by atoms with Crippen molar-refractivity contribution in [2.45, 2.75) is 30.2 Å². The van der Waals surface area contributed by atoms with Crippen LogP contribution in [-0.4, -0.2) is 14.7 Å². The molecule has 0 radical (unpaired) electrons. The fourth-order valence-electron chi connectivity index (χ4n) is 2.67. The summed E-state index contributed by atoms with van der Waals surface area (Å²) in [6.45, 7) is 0. The normalized spacial score (nSPS) is 18.3. The summed E-state index contributed by atoms with van der Waals surface area (Å²) in [4.78, 5) is 1.70. The number of hydrogen-bond acceptors (Lipinski definition) is 4. The molecule has 21 heavy (non-hydrogen) atoms. The van der Waals surface area contributed by atoms with Crippen LogP contribution in [0.1, 0.15) is 29.3 Å². The second kappa shape index (κ2) is 5.63. The Bertz CT molecular complexity index is 768. The Morgan fingerprint density at radius 1 is 1.33 bits per heavy atom. The van der Waals surface area contributed by atoms with Gasteiger partial charge in [0.05, 0.1) is 21.6 Å². The number of nitrogens with one attached hydrogen (secondary N) is 1. The highest BCUT2D eigenvalue weighted by atomic mass is 35.5. The van der Waals surface area contributed by atoms with Gasteiger partial charge in [0.2, 0.25) is 0 Å². The van der Waals surface area contributed by atoms with Gasteiger partial charge in [-0.25, -0.2) is 8.42 Å². The lowest BCUT2D eigenvalue weighted by molar-refractivity contribution is 0.601. The summed E-state index contributed by atoms with van der Waals surface area (Å²) in [6, 6.07) is 7.15. The van der Waals surface area contributed by atoms with Crippen molar-refractivity contribution in [3.8, 4) is 0 Å². The van der Waals surface area contributed by atoms with Gasteiger partial charge in [-0.1, -0.05) is 11.6 Å². The topological polar surface area (TPSA) is 46.2 Å². The zero-order chi connectivity index (χ0) is 15.0. The Morgan fingerprint density at radius 3 is 2.90 bits per heavy atom. The van der Waals surface area contributed by atoms with Crippen LogP contribution in [0.25, 0.3) is 0 Å². The molecule has 1 N–H and O–H groups in total. The predicted octanol–water partition coefficient (Wildman–Crippen LogP) is 4.29. The number of anilines is 1. The first-order valence-corrected chi connectivity index (χ1v) is 9.92. The van der Waals surface area contributed by atoms with Crippen molar-refractivity contribution >= 4 is 38.5 Å². The fraction of sp³-hybridized carbons (Fsp3) is 0.333. The highest BCUT2D eigenvalue weighted by Gasteiger charge is 2.22. The lowest BCUT2D eigenvalue weighted by Gasteiger charge is -2.25. The Hall–Kier alpha value is -1.04. The van der Waals surface area contributed by atoms with Gasteiger partial charge in [-0.15, -0.1) is 11.3 Å². The van der Waals surface area contributed by atoms with Gasteiger partial charge >= 0.3 is 0 Å². The maximum atomic E-state index is 11.7. The molecule has 1 aliphatic rings. The van der Waals surface area contributed by atoms with Crippen LogP contribution in [0.3, 0.4) is 0 Å². The van der Waals surface area contributed by atoms with E-state index in [0.29, 0.717) is 10.7 Å². The molecule has 0 fully saturated rings. The molecule has 0 bridgehead atoms. The van der Waals surface area contributed by atoms with Crippen molar-refractivity contribution < 1.29 is 8.42 Å². The van der Waals surface area contributed by atoms with Crippen molar-refractivity contribution in [3.05, 3.63) is 45.1 Å². The molecule has 1 unspecified atom stereocenters. The molecular weight excluding hydrogens is 326 g/mol. The van der Waals surface area contributed by atoms with E-state index in [1.165, 1.54) is 16.7 Å². The van der Waals surface area contributed by atoms with Gasteiger partial charge in [-0.2, -0.15) is 0 Å². The molecule has 0 amide bonds. The van der Waals surface area contributed by atoms with Crippen molar-refractivity contribution in [2.75, 3.05) is 11.6 Å². The van der Waals surface area contributed by atoms with Gasteiger partial charge in [0.15, 0.2) is 9.84 Å². The third-order valence-electron chi connectivity index (χ3n) is 3.75. The van der Waals surface area contributed by atoms with Crippen LogP contribution in [0.4, 0.5) is 5.69 Å². The molecule has 1 heterocycles. The maximum Gasteiger partial charge on any atom is 0.175 e. The lowest BCUT2D eigenvalue weighted by atomic mass is 9.94. The van der Waals surface area contributed by atoms with Crippen LogP contribution < -0.4 is 5.32 Å². The van der Waals surface area contributed by atoms with E-state index in [1.807, 2.05) is 0 Å². The van der Waals surface area contributed by atoms with Crippen molar-refractivity contribution in [3.63, 3.8) is 0 Å². The number of rotatable bonds is 3. The van der Waals surface area contributed by atoms with Gasteiger partial charge in [-0.3, -0.25) is 0 Å². The van der Waals surface area contributed by atoms with Crippen molar-refractivity contribution in [1.29, 1.82) is 0 Å². The average Bonchev–Trinajstić information content (AvgIpc) is 2.89. The molecule has 2 aromatic rings. The molecule has 1 aliphatic carbocycles. The predicted molar refractivity (Wildman–Crippen MR) is 88.2 cm³/mol. The molecule has 3 nitrogen and oxygen atoms in total. The Balaban J connectivity index is 1.93. The zero-order valence-corrected chi connectivity index (χ0v) is 14.0. The highest BCUT2D eigenvalue weighted by molar-refractivity contribution is 7.90. The molecule has 1 aromatic heterocycles. The van der Waals surface area contributed by atoms with E-state index in [9.17, 15) is 8.42 Å². The number of halogens is 1. The molecule has 1 aromatic carbocycles. The van der Waals surface area contributed by atoms with Crippen LogP contribution in [-0.2, 0) is 16.3 Å². The van der Waals surface area contributed by atoms with Gasteiger partial charge in [-0.05, 0) is 54.5 Å². The number of sulfone groups is 1. The number of benzene rings is 1. The van der Waals surface area contributed by atoms with E-state index in [2.05, 4.69) is 16.8 Å². The molecule has 0 saturated heterocycles. The minimum atomic E-state index is -3.23. The summed E-state index contributed by atoms with van der Waals surface area (Å²) < 4.78 is 23.4. The molecule has 0 aliphatic heterocycles. The van der Waals surface area contributed by atoms with Crippen LogP contribution in [0.2, 0.25) is 5.02 Å². The molecular formula is C15H16ClNO2S2. The van der Waals surface area contributed by atoms with E-state index in [4.69, 9.17) is 11.6 Å². The molecule has 1 atom stereocenters. The largest absolute Gasteiger partial charge is 0.377 e. The van der Waals surface area contributed by atoms with E-state index in [0.717, 1.165) is 19.3 Å². The van der Waals surface area contributed by atoms with Crippen LogP contribution in [0.15, 0.2) is 34.5 Å². The Kier molecular flexibility index (Phi) is 3.99. The summed E-state index contributed by atoms with van der Waals surface area (Å²) in [5, 5.41) is 6.07. The lowest BCUT2D eigenvalue weighted by Crippen LogP contribution is -2.16. The van der Waals surface area contributed by atoms with E-state index in [-0.39, 0.29) is 10.9 Å². The minimum absolute atomic E-state index is 0.201. The number of thiophene rings is 1. The fourth-order valence-corrected chi connectivity index (χ4v) is 4.48. The number of fused-ring (bicyclic) bond motifs is 1. The SMILES string of the molecule is CS(=O)(=O)c1ccc(Cl)c(NC2CCCc3sccc32)c1. The van der Waals surface area contributed by atoms with Gasteiger partial charge in [0.25, 0.3) is 0 Å². The summed E-state index contributed by atoms with van der Waals surface area (Å²) in [5.74, 6) is 0.